The molecule has 2 amide bonds. The Morgan fingerprint density at radius 1 is 1.16 bits per heavy atom. The van der Waals surface area contributed by atoms with E-state index in [-0.39, 0.29) is 18.1 Å². The highest BCUT2D eigenvalue weighted by molar-refractivity contribution is 5.76. The summed E-state index contributed by atoms with van der Waals surface area (Å²) in [5.74, 6) is 0.597. The lowest BCUT2D eigenvalue weighted by Crippen LogP contribution is -2.54. The number of morpholine rings is 1. The summed E-state index contributed by atoms with van der Waals surface area (Å²) in [5, 5.41) is 3.22. The number of hydrogen-bond donors (Lipinski definition) is 1. The first kappa shape index (κ1) is 16.1. The first-order chi connectivity index (χ1) is 12.3. The van der Waals surface area contributed by atoms with Crippen molar-refractivity contribution in [3.05, 3.63) is 66.0 Å². The predicted molar refractivity (Wildman–Crippen MR) is 95.1 cm³/mol. The van der Waals surface area contributed by atoms with Crippen LogP contribution in [-0.4, -0.2) is 41.7 Å². The smallest absolute Gasteiger partial charge is 0.318 e. The molecular formula is C20H23N3O2. The van der Waals surface area contributed by atoms with Gasteiger partial charge in [-0.1, -0.05) is 36.4 Å². The van der Waals surface area contributed by atoms with E-state index in [1.165, 1.54) is 12.8 Å². The van der Waals surface area contributed by atoms with E-state index < -0.39 is 0 Å². The van der Waals surface area contributed by atoms with Gasteiger partial charge in [0, 0.05) is 18.9 Å². The highest BCUT2D eigenvalue weighted by Gasteiger charge is 2.39. The van der Waals surface area contributed by atoms with Crippen molar-refractivity contribution in [2.24, 2.45) is 5.92 Å². The number of nitrogens with zero attached hydrogens (tertiary/aromatic N) is 2. The predicted octanol–water partition coefficient (Wildman–Crippen LogP) is 2.99. The summed E-state index contributed by atoms with van der Waals surface area (Å²) >= 11 is 0. The van der Waals surface area contributed by atoms with E-state index in [1.807, 2.05) is 53.6 Å². The van der Waals surface area contributed by atoms with Crippen LogP contribution in [0, 0.1) is 5.92 Å². The second-order valence-electron chi connectivity index (χ2n) is 6.75. The van der Waals surface area contributed by atoms with Gasteiger partial charge in [0.2, 0.25) is 0 Å². The zero-order valence-electron chi connectivity index (χ0n) is 14.2. The second kappa shape index (κ2) is 7.23. The van der Waals surface area contributed by atoms with Crippen LogP contribution in [0.1, 0.15) is 30.0 Å². The number of aromatic nitrogens is 1. The topological polar surface area (TPSA) is 54.5 Å². The summed E-state index contributed by atoms with van der Waals surface area (Å²) in [6.45, 7) is 1.92. The molecule has 1 aliphatic heterocycles. The summed E-state index contributed by atoms with van der Waals surface area (Å²) < 4.78 is 5.61. The monoisotopic (exact) mass is 337 g/mol. The Bertz CT molecular complexity index is 664. The van der Waals surface area contributed by atoms with Crippen LogP contribution in [-0.2, 0) is 4.74 Å². The van der Waals surface area contributed by atoms with Gasteiger partial charge in [-0.15, -0.1) is 0 Å². The van der Waals surface area contributed by atoms with E-state index in [1.54, 1.807) is 6.20 Å². The average molecular weight is 337 g/mol. The number of amides is 2. The molecule has 0 spiro atoms. The van der Waals surface area contributed by atoms with E-state index in [0.29, 0.717) is 25.7 Å². The van der Waals surface area contributed by atoms with Crippen LogP contribution < -0.4 is 5.32 Å². The van der Waals surface area contributed by atoms with Crippen LogP contribution in [0.3, 0.4) is 0 Å². The van der Waals surface area contributed by atoms with E-state index in [0.717, 1.165) is 11.1 Å². The first-order valence-corrected chi connectivity index (χ1v) is 8.92. The molecule has 130 valence electrons. The molecule has 4 rings (SSSR count). The SMILES string of the molecule is O=C(NC(c1ccccc1)c1cccnc1)N1CCOCC1C1CC1. The fourth-order valence-electron chi connectivity index (χ4n) is 3.50. The van der Waals surface area contributed by atoms with Gasteiger partial charge in [-0.25, -0.2) is 4.79 Å². The van der Waals surface area contributed by atoms with Crippen molar-refractivity contribution in [2.45, 2.75) is 24.9 Å². The highest BCUT2D eigenvalue weighted by Crippen LogP contribution is 2.36. The summed E-state index contributed by atoms with van der Waals surface area (Å²) in [5.41, 5.74) is 2.04. The number of pyridine rings is 1. The number of hydrogen-bond acceptors (Lipinski definition) is 3. The lowest BCUT2D eigenvalue weighted by Gasteiger charge is -2.37. The number of benzene rings is 1. The molecule has 1 aromatic heterocycles. The minimum Gasteiger partial charge on any atom is -0.377 e. The summed E-state index contributed by atoms with van der Waals surface area (Å²) in [6.07, 6.45) is 5.96. The van der Waals surface area contributed by atoms with E-state index in [2.05, 4.69) is 10.3 Å². The number of carbonyl (C=O) groups excluding carboxylic acids is 1. The van der Waals surface area contributed by atoms with Gasteiger partial charge in [-0.05, 0) is 36.0 Å². The second-order valence-corrected chi connectivity index (χ2v) is 6.75. The minimum absolute atomic E-state index is 0.0158. The quantitative estimate of drug-likeness (QED) is 0.933. The molecule has 1 N–H and O–H groups in total. The summed E-state index contributed by atoms with van der Waals surface area (Å²) in [4.78, 5) is 19.2. The Kier molecular flexibility index (Phi) is 4.65. The fraction of sp³-hybridized carbons (Fsp3) is 0.400. The van der Waals surface area contributed by atoms with Crippen molar-refractivity contribution in [1.29, 1.82) is 0 Å². The number of urea groups is 1. The van der Waals surface area contributed by atoms with Gasteiger partial charge in [-0.2, -0.15) is 0 Å². The molecule has 0 radical (unpaired) electrons. The van der Waals surface area contributed by atoms with Crippen LogP contribution in [0.15, 0.2) is 54.9 Å². The normalized spacial score (nSPS) is 21.6. The first-order valence-electron chi connectivity index (χ1n) is 8.92. The average Bonchev–Trinajstić information content (AvgIpc) is 3.52. The fourth-order valence-corrected chi connectivity index (χ4v) is 3.50. The van der Waals surface area contributed by atoms with Crippen LogP contribution in [0.4, 0.5) is 4.79 Å². The van der Waals surface area contributed by atoms with Crippen molar-refractivity contribution >= 4 is 6.03 Å². The van der Waals surface area contributed by atoms with Gasteiger partial charge in [0.05, 0.1) is 25.3 Å². The van der Waals surface area contributed by atoms with Crippen molar-refractivity contribution < 1.29 is 9.53 Å². The Labute approximate surface area is 148 Å². The third-order valence-electron chi connectivity index (χ3n) is 5.01. The van der Waals surface area contributed by atoms with E-state index in [4.69, 9.17) is 4.74 Å². The Balaban J connectivity index is 1.56. The standard InChI is InChI=1S/C20H23N3O2/c24-20(23-11-12-25-14-18(23)15-8-9-15)22-19(16-5-2-1-3-6-16)17-7-4-10-21-13-17/h1-7,10,13,15,18-19H,8-9,11-12,14H2,(H,22,24). The van der Waals surface area contributed by atoms with Crippen LogP contribution >= 0.6 is 0 Å². The maximum absolute atomic E-state index is 13.0. The highest BCUT2D eigenvalue weighted by atomic mass is 16.5. The minimum atomic E-state index is -0.204. The molecule has 1 saturated carbocycles. The molecule has 1 aliphatic carbocycles. The van der Waals surface area contributed by atoms with Crippen molar-refractivity contribution in [3.8, 4) is 0 Å². The zero-order chi connectivity index (χ0) is 17.1. The Morgan fingerprint density at radius 2 is 1.96 bits per heavy atom. The zero-order valence-corrected chi connectivity index (χ0v) is 14.2. The van der Waals surface area contributed by atoms with Gasteiger partial charge in [0.15, 0.2) is 0 Å². The molecule has 5 heteroatoms. The molecule has 2 fully saturated rings. The van der Waals surface area contributed by atoms with Gasteiger partial charge >= 0.3 is 6.03 Å². The van der Waals surface area contributed by atoms with E-state index >= 15 is 0 Å². The van der Waals surface area contributed by atoms with Gasteiger partial charge < -0.3 is 15.0 Å². The van der Waals surface area contributed by atoms with Gasteiger partial charge in [0.1, 0.15) is 0 Å². The summed E-state index contributed by atoms with van der Waals surface area (Å²) in [7, 11) is 0. The third kappa shape index (κ3) is 3.66. The Morgan fingerprint density at radius 3 is 2.68 bits per heavy atom. The molecule has 2 aliphatic rings. The summed E-state index contributed by atoms with van der Waals surface area (Å²) in [6, 6.07) is 13.9. The number of nitrogens with one attached hydrogen (secondary N) is 1. The maximum atomic E-state index is 13.0. The molecule has 2 atom stereocenters. The van der Waals surface area contributed by atoms with Crippen LogP contribution in [0.25, 0.3) is 0 Å². The van der Waals surface area contributed by atoms with Crippen molar-refractivity contribution in [3.63, 3.8) is 0 Å². The molecule has 2 aromatic rings. The van der Waals surface area contributed by atoms with E-state index in [9.17, 15) is 4.79 Å². The third-order valence-corrected chi connectivity index (χ3v) is 5.01. The lowest BCUT2D eigenvalue weighted by atomic mass is 10.0. The van der Waals surface area contributed by atoms with Gasteiger partial charge in [-0.3, -0.25) is 4.98 Å². The largest absolute Gasteiger partial charge is 0.377 e. The Hall–Kier alpha value is -2.40. The molecular weight excluding hydrogens is 314 g/mol. The lowest BCUT2D eigenvalue weighted by molar-refractivity contribution is 0.00433. The van der Waals surface area contributed by atoms with Crippen molar-refractivity contribution in [2.75, 3.05) is 19.8 Å². The molecule has 5 nitrogen and oxygen atoms in total. The molecule has 1 aromatic carbocycles. The van der Waals surface area contributed by atoms with Gasteiger partial charge in [0.25, 0.3) is 0 Å². The molecule has 25 heavy (non-hydrogen) atoms. The number of carbonyl (C=O) groups is 1. The molecule has 0 bridgehead atoms. The molecule has 2 heterocycles. The van der Waals surface area contributed by atoms with Crippen LogP contribution in [0.5, 0.6) is 0 Å². The number of rotatable bonds is 4. The maximum Gasteiger partial charge on any atom is 0.318 e. The van der Waals surface area contributed by atoms with Crippen LogP contribution in [0.2, 0.25) is 0 Å². The molecule has 1 saturated heterocycles. The number of ether oxygens (including phenoxy) is 1. The van der Waals surface area contributed by atoms with Crippen molar-refractivity contribution in [1.82, 2.24) is 15.2 Å². The molecule has 2 unspecified atom stereocenters.